The van der Waals surface area contributed by atoms with E-state index in [1.807, 2.05) is 12.1 Å². The molecule has 2 fully saturated rings. The number of rotatable bonds is 7. The summed E-state index contributed by atoms with van der Waals surface area (Å²) in [5.74, 6) is 0.105. The summed E-state index contributed by atoms with van der Waals surface area (Å²) in [6.07, 6.45) is 8.85. The van der Waals surface area contributed by atoms with E-state index < -0.39 is 0 Å². The predicted octanol–water partition coefficient (Wildman–Crippen LogP) is 5.81. The number of likely N-dealkylation sites (tertiary alicyclic amines) is 1. The topological polar surface area (TPSA) is 61.4 Å². The van der Waals surface area contributed by atoms with Crippen LogP contribution in [0.25, 0.3) is 0 Å². The summed E-state index contributed by atoms with van der Waals surface area (Å²) in [7, 11) is 0. The second-order valence-electron chi connectivity index (χ2n) is 9.78. The lowest BCUT2D eigenvalue weighted by molar-refractivity contribution is 0.0796. The minimum absolute atomic E-state index is 0.0263. The van der Waals surface area contributed by atoms with Crippen molar-refractivity contribution in [2.75, 3.05) is 18.4 Å². The van der Waals surface area contributed by atoms with Gasteiger partial charge in [0.15, 0.2) is 5.78 Å². The summed E-state index contributed by atoms with van der Waals surface area (Å²) < 4.78 is 13.5. The number of ketones is 1. The van der Waals surface area contributed by atoms with Gasteiger partial charge in [0.2, 0.25) is 0 Å². The molecule has 1 saturated carbocycles. The maximum Gasteiger partial charge on any atom is 0.319 e. The van der Waals surface area contributed by atoms with Crippen molar-refractivity contribution in [2.24, 2.45) is 5.92 Å². The van der Waals surface area contributed by atoms with Crippen LogP contribution in [0.2, 0.25) is 0 Å². The number of amides is 2. The zero-order valence-electron chi connectivity index (χ0n) is 20.1. The largest absolute Gasteiger partial charge is 0.335 e. The van der Waals surface area contributed by atoms with Gasteiger partial charge >= 0.3 is 6.03 Å². The molecule has 1 unspecified atom stereocenters. The summed E-state index contributed by atoms with van der Waals surface area (Å²) in [6.45, 7) is 3.69. The highest BCUT2D eigenvalue weighted by atomic mass is 19.1. The Kier molecular flexibility index (Phi) is 8.33. The third-order valence-electron chi connectivity index (χ3n) is 7.37. The van der Waals surface area contributed by atoms with Gasteiger partial charge in [0.1, 0.15) is 5.82 Å². The summed E-state index contributed by atoms with van der Waals surface area (Å²) in [5.41, 5.74) is 2.35. The molecule has 2 amide bonds. The van der Waals surface area contributed by atoms with E-state index >= 15 is 0 Å². The predicted molar refractivity (Wildman–Crippen MR) is 134 cm³/mol. The van der Waals surface area contributed by atoms with Gasteiger partial charge in [-0.15, -0.1) is 0 Å². The van der Waals surface area contributed by atoms with Crippen LogP contribution in [0.1, 0.15) is 67.8 Å². The molecule has 6 heteroatoms. The van der Waals surface area contributed by atoms with E-state index in [-0.39, 0.29) is 23.7 Å². The van der Waals surface area contributed by atoms with Crippen molar-refractivity contribution in [2.45, 2.75) is 70.4 Å². The van der Waals surface area contributed by atoms with Gasteiger partial charge in [-0.2, -0.15) is 0 Å². The van der Waals surface area contributed by atoms with Crippen LogP contribution in [-0.4, -0.2) is 41.9 Å². The number of nitrogens with one attached hydrogen (secondary N) is 2. The second kappa shape index (κ2) is 11.6. The molecular formula is C28H36FN3O2. The first-order valence-corrected chi connectivity index (χ1v) is 12.7. The molecule has 1 saturated heterocycles. The van der Waals surface area contributed by atoms with Crippen molar-refractivity contribution in [1.29, 1.82) is 0 Å². The number of halogens is 1. The van der Waals surface area contributed by atoms with Gasteiger partial charge in [-0.3, -0.25) is 9.69 Å². The lowest BCUT2D eigenvalue weighted by Crippen LogP contribution is -2.54. The van der Waals surface area contributed by atoms with Gasteiger partial charge < -0.3 is 10.6 Å². The fourth-order valence-electron chi connectivity index (χ4n) is 5.61. The number of hydrogen-bond donors (Lipinski definition) is 2. The van der Waals surface area contributed by atoms with Crippen LogP contribution in [0, 0.1) is 11.7 Å². The van der Waals surface area contributed by atoms with Gasteiger partial charge in [0.05, 0.1) is 0 Å². The summed E-state index contributed by atoms with van der Waals surface area (Å²) in [4.78, 5) is 27.2. The van der Waals surface area contributed by atoms with Gasteiger partial charge in [0.25, 0.3) is 0 Å². The molecule has 3 atom stereocenters. The SMILES string of the molecule is CC(=O)c1cccc(NC(=O)N[C@@H]2CCCC[C@@H]2C(Cc2ccc(F)cc2)N2CCCCC2)c1. The molecule has 2 N–H and O–H groups in total. The number of Topliss-reactive ketones (excluding diaryl/α,β-unsaturated/α-hetero) is 1. The normalized spacial score (nSPS) is 22.1. The number of urea groups is 1. The number of carbonyl (C=O) groups is 2. The van der Waals surface area contributed by atoms with E-state index in [1.54, 1.807) is 36.4 Å². The lowest BCUT2D eigenvalue weighted by atomic mass is 9.76. The Hall–Kier alpha value is -2.73. The first-order chi connectivity index (χ1) is 16.5. The zero-order valence-corrected chi connectivity index (χ0v) is 20.1. The van der Waals surface area contributed by atoms with Gasteiger partial charge in [-0.1, -0.05) is 43.5 Å². The molecule has 4 rings (SSSR count). The van der Waals surface area contributed by atoms with Crippen LogP contribution >= 0.6 is 0 Å². The molecular weight excluding hydrogens is 429 g/mol. The smallest absolute Gasteiger partial charge is 0.319 e. The van der Waals surface area contributed by atoms with Gasteiger partial charge in [-0.05, 0) is 87.9 Å². The fraction of sp³-hybridized carbons (Fsp3) is 0.500. The minimum Gasteiger partial charge on any atom is -0.335 e. The quantitative estimate of drug-likeness (QED) is 0.508. The molecule has 1 heterocycles. The van der Waals surface area contributed by atoms with E-state index in [0.717, 1.165) is 44.3 Å². The van der Waals surface area contributed by atoms with Crippen molar-refractivity contribution < 1.29 is 14.0 Å². The zero-order chi connectivity index (χ0) is 23.9. The Bertz CT molecular complexity index is 972. The number of carbonyl (C=O) groups excluding carboxylic acids is 2. The van der Waals surface area contributed by atoms with Crippen molar-refractivity contribution >= 4 is 17.5 Å². The lowest BCUT2D eigenvalue weighted by Gasteiger charge is -2.44. The molecule has 1 aliphatic carbocycles. The molecule has 182 valence electrons. The van der Waals surface area contributed by atoms with Crippen molar-refractivity contribution in [3.8, 4) is 0 Å². The summed E-state index contributed by atoms with van der Waals surface area (Å²) in [5, 5.41) is 6.18. The standard InChI is InChI=1S/C28H36FN3O2/c1-20(33)22-8-7-9-24(19-22)30-28(34)31-26-11-4-3-10-25(26)27(32-16-5-2-6-17-32)18-21-12-14-23(29)15-13-21/h7-9,12-15,19,25-27H,2-6,10-11,16-18H2,1H3,(H2,30,31,34)/t25-,26+,27?/m0/s1. The number of hydrogen-bond acceptors (Lipinski definition) is 3. The van der Waals surface area contributed by atoms with Crippen LogP contribution in [0.15, 0.2) is 48.5 Å². The Morgan fingerprint density at radius 3 is 2.47 bits per heavy atom. The first-order valence-electron chi connectivity index (χ1n) is 12.7. The Labute approximate surface area is 202 Å². The Morgan fingerprint density at radius 2 is 1.74 bits per heavy atom. The molecule has 0 aromatic heterocycles. The summed E-state index contributed by atoms with van der Waals surface area (Å²) >= 11 is 0. The van der Waals surface area contributed by atoms with Crippen LogP contribution < -0.4 is 10.6 Å². The number of nitrogens with zero attached hydrogens (tertiary/aromatic N) is 1. The molecule has 34 heavy (non-hydrogen) atoms. The number of anilines is 1. The molecule has 2 aliphatic rings. The molecule has 0 radical (unpaired) electrons. The summed E-state index contributed by atoms with van der Waals surface area (Å²) in [6, 6.07) is 14.1. The highest BCUT2D eigenvalue weighted by molar-refractivity contribution is 5.96. The Morgan fingerprint density at radius 1 is 1.00 bits per heavy atom. The molecule has 0 spiro atoms. The minimum atomic E-state index is -0.225. The Balaban J connectivity index is 1.48. The van der Waals surface area contributed by atoms with Crippen molar-refractivity contribution in [3.05, 3.63) is 65.5 Å². The molecule has 2 aromatic carbocycles. The van der Waals surface area contributed by atoms with E-state index in [9.17, 15) is 14.0 Å². The fourth-order valence-corrected chi connectivity index (χ4v) is 5.61. The van der Waals surface area contributed by atoms with E-state index in [2.05, 4.69) is 15.5 Å². The van der Waals surface area contributed by atoms with E-state index in [1.165, 1.54) is 32.6 Å². The third kappa shape index (κ3) is 6.44. The first kappa shape index (κ1) is 24.4. The maximum atomic E-state index is 13.5. The van der Waals surface area contributed by atoms with E-state index in [4.69, 9.17) is 0 Å². The van der Waals surface area contributed by atoms with Crippen molar-refractivity contribution in [1.82, 2.24) is 10.2 Å². The van der Waals surface area contributed by atoms with Crippen LogP contribution in [-0.2, 0) is 6.42 Å². The molecule has 2 aromatic rings. The maximum absolute atomic E-state index is 13.5. The number of benzene rings is 2. The monoisotopic (exact) mass is 465 g/mol. The molecule has 1 aliphatic heterocycles. The molecule has 5 nitrogen and oxygen atoms in total. The van der Waals surface area contributed by atoms with Crippen LogP contribution in [0.4, 0.5) is 14.9 Å². The number of piperidine rings is 1. The molecule has 0 bridgehead atoms. The average Bonchev–Trinajstić information content (AvgIpc) is 2.85. The van der Waals surface area contributed by atoms with E-state index in [0.29, 0.717) is 23.2 Å². The third-order valence-corrected chi connectivity index (χ3v) is 7.37. The van der Waals surface area contributed by atoms with Gasteiger partial charge in [-0.25, -0.2) is 9.18 Å². The van der Waals surface area contributed by atoms with Crippen LogP contribution in [0.3, 0.4) is 0 Å². The van der Waals surface area contributed by atoms with Crippen molar-refractivity contribution in [3.63, 3.8) is 0 Å². The second-order valence-corrected chi connectivity index (χ2v) is 9.78. The average molecular weight is 466 g/mol. The van der Waals surface area contributed by atoms with Crippen LogP contribution in [0.5, 0.6) is 0 Å². The highest BCUT2D eigenvalue weighted by Crippen LogP contribution is 2.33. The van der Waals surface area contributed by atoms with Gasteiger partial charge in [0, 0.05) is 23.3 Å². The highest BCUT2D eigenvalue weighted by Gasteiger charge is 2.36.